The minimum atomic E-state index is -3.52. The molecule has 5 rings (SSSR count). The van der Waals surface area contributed by atoms with Crippen LogP contribution in [0, 0.1) is 11.8 Å². The van der Waals surface area contributed by atoms with Gasteiger partial charge in [-0.2, -0.15) is 4.31 Å². The number of carbonyl (C=O) groups is 2. The molecule has 0 aromatic heterocycles. The zero-order valence-electron chi connectivity index (χ0n) is 20.8. The van der Waals surface area contributed by atoms with Crippen LogP contribution in [0.3, 0.4) is 0 Å². The molecule has 0 aromatic carbocycles. The summed E-state index contributed by atoms with van der Waals surface area (Å²) in [6.07, 6.45) is 3.39. The summed E-state index contributed by atoms with van der Waals surface area (Å²) in [7, 11) is -3.52. The van der Waals surface area contributed by atoms with Crippen LogP contribution in [0.25, 0.3) is 0 Å². The van der Waals surface area contributed by atoms with Gasteiger partial charge in [0.2, 0.25) is 21.8 Å². The van der Waals surface area contributed by atoms with E-state index in [0.29, 0.717) is 71.4 Å². The van der Waals surface area contributed by atoms with Crippen molar-refractivity contribution in [3.8, 4) is 0 Å². The molecule has 2 saturated carbocycles. The molecule has 3 fully saturated rings. The summed E-state index contributed by atoms with van der Waals surface area (Å²) in [4.78, 5) is 28.9. The average Bonchev–Trinajstić information content (AvgIpc) is 3.43. The molecule has 0 N–H and O–H groups in total. The van der Waals surface area contributed by atoms with E-state index in [-0.39, 0.29) is 35.8 Å². The van der Waals surface area contributed by atoms with Crippen molar-refractivity contribution in [1.29, 1.82) is 0 Å². The summed E-state index contributed by atoms with van der Waals surface area (Å²) >= 11 is 0. The number of fused-ring (bicyclic) bond motifs is 1. The third-order valence-electron chi connectivity index (χ3n) is 9.06. The second-order valence-electron chi connectivity index (χ2n) is 11.1. The Morgan fingerprint density at radius 2 is 1.66 bits per heavy atom. The first-order valence-corrected chi connectivity index (χ1v) is 14.7. The molecule has 4 atom stereocenters. The van der Waals surface area contributed by atoms with Crippen molar-refractivity contribution in [1.82, 2.24) is 14.1 Å². The lowest BCUT2D eigenvalue weighted by atomic mass is 9.79. The van der Waals surface area contributed by atoms with Crippen LogP contribution in [0.1, 0.15) is 58.8 Å². The summed E-state index contributed by atoms with van der Waals surface area (Å²) in [6.45, 7) is 6.19. The molecule has 35 heavy (non-hydrogen) atoms. The van der Waals surface area contributed by atoms with Gasteiger partial charge in [0.25, 0.3) is 0 Å². The second kappa shape index (κ2) is 9.74. The van der Waals surface area contributed by atoms with Crippen molar-refractivity contribution < 1.29 is 27.1 Å². The Balaban J connectivity index is 1.18. The number of nitrogens with zero attached hydrogens (tertiary/aromatic N) is 3. The van der Waals surface area contributed by atoms with E-state index in [2.05, 4.69) is 0 Å². The molecule has 10 heteroatoms. The number of rotatable bonds is 4. The Kier molecular flexibility index (Phi) is 7.00. The summed E-state index contributed by atoms with van der Waals surface area (Å²) < 4.78 is 48.1. The number of ether oxygens (including phenoxy) is 1. The van der Waals surface area contributed by atoms with Crippen LogP contribution in [0.5, 0.6) is 0 Å². The van der Waals surface area contributed by atoms with E-state index in [0.717, 1.165) is 24.0 Å². The highest BCUT2D eigenvalue weighted by atomic mass is 32.2. The standard InChI is InChI=1S/C25H38FN3O5S/c1-16(18-3-5-21(26)6-4-18)25(31)27-12-19-14-28(15-20(19)13-27)35(32,33)22-7-8-24-23(11-22)29(17(2)30)9-10-34-24/h16,18,21-24H,3-15H2,1-2H3. The lowest BCUT2D eigenvalue weighted by Gasteiger charge is -2.45. The van der Waals surface area contributed by atoms with Gasteiger partial charge in [-0.25, -0.2) is 12.8 Å². The molecule has 0 spiro atoms. The van der Waals surface area contributed by atoms with Crippen molar-refractivity contribution in [2.24, 2.45) is 11.8 Å². The van der Waals surface area contributed by atoms with Gasteiger partial charge in [-0.3, -0.25) is 9.59 Å². The molecular weight excluding hydrogens is 473 g/mol. The highest BCUT2D eigenvalue weighted by molar-refractivity contribution is 7.89. The number of halogens is 1. The van der Waals surface area contributed by atoms with Crippen LogP contribution < -0.4 is 0 Å². The lowest BCUT2D eigenvalue weighted by molar-refractivity contribution is -0.147. The maximum atomic E-state index is 13.6. The predicted octanol–water partition coefficient (Wildman–Crippen LogP) is 2.10. The molecule has 3 heterocycles. The van der Waals surface area contributed by atoms with Gasteiger partial charge in [0.1, 0.15) is 6.17 Å². The minimum Gasteiger partial charge on any atom is -0.374 e. The molecule has 4 unspecified atom stereocenters. The lowest BCUT2D eigenvalue weighted by Crippen LogP contribution is -2.58. The smallest absolute Gasteiger partial charge is 0.226 e. The van der Waals surface area contributed by atoms with Crippen molar-refractivity contribution in [3.05, 3.63) is 11.1 Å². The Morgan fingerprint density at radius 3 is 2.29 bits per heavy atom. The molecule has 196 valence electrons. The first kappa shape index (κ1) is 25.1. The van der Waals surface area contributed by atoms with Crippen LogP contribution in [0.2, 0.25) is 0 Å². The number of morpholine rings is 1. The maximum absolute atomic E-state index is 13.6. The van der Waals surface area contributed by atoms with Gasteiger partial charge >= 0.3 is 0 Å². The highest BCUT2D eigenvalue weighted by Gasteiger charge is 2.47. The van der Waals surface area contributed by atoms with Gasteiger partial charge in [-0.15, -0.1) is 0 Å². The molecule has 2 amide bonds. The zero-order chi connectivity index (χ0) is 24.9. The molecule has 2 aliphatic carbocycles. The molecule has 0 radical (unpaired) electrons. The predicted molar refractivity (Wildman–Crippen MR) is 129 cm³/mol. The van der Waals surface area contributed by atoms with Crippen LogP contribution in [-0.4, -0.2) is 97.2 Å². The fraction of sp³-hybridized carbons (Fsp3) is 0.840. The first-order chi connectivity index (χ1) is 16.6. The van der Waals surface area contributed by atoms with E-state index >= 15 is 0 Å². The molecule has 0 bridgehead atoms. The number of amides is 2. The minimum absolute atomic E-state index is 0.0279. The Labute approximate surface area is 207 Å². The van der Waals surface area contributed by atoms with Gasteiger partial charge < -0.3 is 14.5 Å². The molecule has 8 nitrogen and oxygen atoms in total. The molecular formula is C25H38FN3O5S. The van der Waals surface area contributed by atoms with Gasteiger partial charge in [-0.1, -0.05) is 6.92 Å². The van der Waals surface area contributed by atoms with Crippen LogP contribution in [-0.2, 0) is 24.3 Å². The average molecular weight is 512 g/mol. The topological polar surface area (TPSA) is 87.2 Å². The van der Waals surface area contributed by atoms with Gasteiger partial charge in [0, 0.05) is 45.6 Å². The van der Waals surface area contributed by atoms with Crippen molar-refractivity contribution in [3.63, 3.8) is 0 Å². The highest BCUT2D eigenvalue weighted by Crippen LogP contribution is 2.37. The van der Waals surface area contributed by atoms with E-state index in [9.17, 15) is 22.4 Å². The Bertz CT molecular complexity index is 975. The quantitative estimate of drug-likeness (QED) is 0.540. The number of carbonyl (C=O) groups excluding carboxylic acids is 2. The number of alkyl halides is 1. The van der Waals surface area contributed by atoms with E-state index < -0.39 is 21.4 Å². The molecule has 5 aliphatic rings. The third-order valence-corrected chi connectivity index (χ3v) is 11.3. The van der Waals surface area contributed by atoms with Crippen LogP contribution >= 0.6 is 0 Å². The number of hydrogen-bond donors (Lipinski definition) is 0. The fourth-order valence-corrected chi connectivity index (χ4v) is 8.86. The number of sulfonamides is 1. The largest absolute Gasteiger partial charge is 0.374 e. The molecule has 0 aromatic rings. The summed E-state index contributed by atoms with van der Waals surface area (Å²) in [5, 5.41) is -0.518. The van der Waals surface area contributed by atoms with E-state index in [1.54, 1.807) is 9.21 Å². The van der Waals surface area contributed by atoms with Crippen LogP contribution in [0.4, 0.5) is 4.39 Å². The summed E-state index contributed by atoms with van der Waals surface area (Å²) in [5.41, 5.74) is 2.09. The van der Waals surface area contributed by atoms with Crippen molar-refractivity contribution in [2.75, 3.05) is 39.3 Å². The Morgan fingerprint density at radius 1 is 1.00 bits per heavy atom. The monoisotopic (exact) mass is 511 g/mol. The molecule has 1 saturated heterocycles. The maximum Gasteiger partial charge on any atom is 0.226 e. The molecule has 3 aliphatic heterocycles. The Hall–Kier alpha value is -1.52. The third kappa shape index (κ3) is 4.78. The second-order valence-corrected chi connectivity index (χ2v) is 13.4. The van der Waals surface area contributed by atoms with Gasteiger partial charge in [0.15, 0.2) is 0 Å². The van der Waals surface area contributed by atoms with E-state index in [1.165, 1.54) is 6.92 Å². The van der Waals surface area contributed by atoms with Crippen molar-refractivity contribution >= 4 is 21.8 Å². The van der Waals surface area contributed by atoms with Crippen LogP contribution in [0.15, 0.2) is 11.1 Å². The van der Waals surface area contributed by atoms with Gasteiger partial charge in [-0.05, 0) is 62.0 Å². The van der Waals surface area contributed by atoms with Gasteiger partial charge in [0.05, 0.1) is 24.0 Å². The van der Waals surface area contributed by atoms with E-state index in [4.69, 9.17) is 4.74 Å². The number of hydrogen-bond acceptors (Lipinski definition) is 5. The fourth-order valence-electron chi connectivity index (χ4n) is 6.89. The normalized spacial score (nSPS) is 35.1. The SMILES string of the molecule is CC(=O)N1CCOC2CCC(S(=O)(=O)N3CC4=C(CN(C(=O)C(C)C5CCC(F)CC5)C4)C3)CC21. The van der Waals surface area contributed by atoms with E-state index in [1.807, 2.05) is 11.8 Å². The van der Waals surface area contributed by atoms with Crippen molar-refractivity contribution in [2.45, 2.75) is 82.4 Å². The zero-order valence-corrected chi connectivity index (χ0v) is 21.6. The first-order valence-electron chi connectivity index (χ1n) is 13.2. The summed E-state index contributed by atoms with van der Waals surface area (Å²) in [6, 6.07) is -0.181. The summed E-state index contributed by atoms with van der Waals surface area (Å²) in [5.74, 6) is 0.186.